The maximum Gasteiger partial charge on any atom is 0.321 e. The third kappa shape index (κ3) is 13.6. The van der Waals surface area contributed by atoms with E-state index in [0.29, 0.717) is 11.5 Å². The Morgan fingerprint density at radius 3 is 2.20 bits per heavy atom. The van der Waals surface area contributed by atoms with Crippen LogP contribution in [0.15, 0.2) is 0 Å². The van der Waals surface area contributed by atoms with Gasteiger partial charge in [0.15, 0.2) is 0 Å². The minimum atomic E-state index is -1.04. The molecule has 0 rings (SSSR count). The zero-order valence-corrected chi connectivity index (χ0v) is 10.0. The summed E-state index contributed by atoms with van der Waals surface area (Å²) in [5.74, 6) is -1.13. The lowest BCUT2D eigenvalue weighted by Gasteiger charge is -2.03. The van der Waals surface area contributed by atoms with Crippen molar-refractivity contribution in [3.8, 4) is 0 Å². The van der Waals surface area contributed by atoms with Gasteiger partial charge in [-0.05, 0) is 7.05 Å². The predicted molar refractivity (Wildman–Crippen MR) is 62.9 cm³/mol. The first-order valence-electron chi connectivity index (χ1n) is 4.06. The molecule has 0 aliphatic carbocycles. The summed E-state index contributed by atoms with van der Waals surface area (Å²) in [6.07, 6.45) is 0.0833. The Balaban J connectivity index is 0. The van der Waals surface area contributed by atoms with Crippen LogP contribution >= 0.6 is 21.6 Å². The molecule has 0 aromatic rings. The molecule has 8 heteroatoms. The molecule has 0 saturated heterocycles. The molecule has 0 radical (unpaired) electrons. The summed E-state index contributed by atoms with van der Waals surface area (Å²) in [6.45, 7) is 0. The lowest BCUT2D eigenvalue weighted by molar-refractivity contribution is -0.138. The maximum atomic E-state index is 10.2. The Kier molecular flexibility index (Phi) is 13.2. The lowest BCUT2D eigenvalue weighted by atomic mass is 10.4. The van der Waals surface area contributed by atoms with Crippen molar-refractivity contribution >= 4 is 33.5 Å². The zero-order chi connectivity index (χ0) is 12.3. The van der Waals surface area contributed by atoms with E-state index in [1.54, 1.807) is 0 Å². The molecule has 0 spiro atoms. The average Bonchev–Trinajstić information content (AvgIpc) is 2.19. The summed E-state index contributed by atoms with van der Waals surface area (Å²) in [4.78, 5) is 20.3. The first-order chi connectivity index (χ1) is 7.04. The van der Waals surface area contributed by atoms with Gasteiger partial charge in [-0.2, -0.15) is 0 Å². The molecule has 0 aromatic carbocycles. The molecule has 0 heterocycles. The Morgan fingerprint density at radius 2 is 1.80 bits per heavy atom. The van der Waals surface area contributed by atoms with Gasteiger partial charge >= 0.3 is 11.9 Å². The highest BCUT2D eigenvalue weighted by Gasteiger charge is 2.10. The minimum Gasteiger partial charge on any atom is -0.481 e. The summed E-state index contributed by atoms with van der Waals surface area (Å²) in [7, 11) is 4.10. The molecule has 1 atom stereocenters. The van der Waals surface area contributed by atoms with Gasteiger partial charge in [-0.3, -0.25) is 9.59 Å². The average molecular weight is 256 g/mol. The fourth-order valence-corrected chi connectivity index (χ4v) is 2.47. The predicted octanol–water partition coefficient (Wildman–Crippen LogP) is -0.171. The van der Waals surface area contributed by atoms with Crippen molar-refractivity contribution in [2.24, 2.45) is 11.5 Å². The molecular weight excluding hydrogens is 240 g/mol. The van der Waals surface area contributed by atoms with E-state index in [4.69, 9.17) is 15.9 Å². The minimum absolute atomic E-state index is 0.0833. The van der Waals surface area contributed by atoms with Crippen LogP contribution in [0.1, 0.15) is 6.42 Å². The number of aliphatic carboxylic acids is 2. The molecule has 15 heavy (non-hydrogen) atoms. The van der Waals surface area contributed by atoms with Gasteiger partial charge in [0.2, 0.25) is 0 Å². The molecule has 0 amide bonds. The van der Waals surface area contributed by atoms with Crippen LogP contribution < -0.4 is 11.5 Å². The number of hydrogen-bond donors (Lipinski definition) is 4. The number of hydrogen-bond acceptors (Lipinski definition) is 6. The highest BCUT2D eigenvalue weighted by Crippen LogP contribution is 2.22. The molecule has 0 fully saturated rings. The molecule has 90 valence electrons. The fraction of sp³-hybridized carbons (Fsp3) is 0.714. The van der Waals surface area contributed by atoms with Crippen molar-refractivity contribution in [2.75, 3.05) is 18.6 Å². The highest BCUT2D eigenvalue weighted by molar-refractivity contribution is 8.76. The van der Waals surface area contributed by atoms with Crippen LogP contribution in [0.2, 0.25) is 0 Å². The van der Waals surface area contributed by atoms with Crippen molar-refractivity contribution in [1.29, 1.82) is 0 Å². The van der Waals surface area contributed by atoms with Gasteiger partial charge in [-0.1, -0.05) is 21.6 Å². The second-order valence-electron chi connectivity index (χ2n) is 2.19. The molecule has 0 unspecified atom stereocenters. The van der Waals surface area contributed by atoms with E-state index in [0.717, 1.165) is 0 Å². The summed E-state index contributed by atoms with van der Waals surface area (Å²) >= 11 is 0. The molecular formula is C7H16N2O4S2. The number of rotatable bonds is 7. The van der Waals surface area contributed by atoms with E-state index in [1.807, 2.05) is 0 Å². The van der Waals surface area contributed by atoms with E-state index in [2.05, 4.69) is 5.73 Å². The molecule has 0 aliphatic heterocycles. The van der Waals surface area contributed by atoms with Gasteiger partial charge in [-0.25, -0.2) is 0 Å². The summed E-state index contributed by atoms with van der Waals surface area (Å²) in [6, 6.07) is -0.873. The van der Waals surface area contributed by atoms with Crippen molar-refractivity contribution in [3.63, 3.8) is 0 Å². The largest absolute Gasteiger partial charge is 0.481 e. The smallest absolute Gasteiger partial charge is 0.321 e. The Bertz CT molecular complexity index is 192. The van der Waals surface area contributed by atoms with Crippen LogP contribution in [0.5, 0.6) is 0 Å². The highest BCUT2D eigenvalue weighted by atomic mass is 33.1. The van der Waals surface area contributed by atoms with E-state index >= 15 is 0 Å². The van der Waals surface area contributed by atoms with Crippen LogP contribution in [-0.2, 0) is 9.59 Å². The number of carbonyl (C=O) groups is 2. The second kappa shape index (κ2) is 11.6. The van der Waals surface area contributed by atoms with E-state index in [1.165, 1.54) is 28.6 Å². The third-order valence-corrected chi connectivity index (χ3v) is 3.49. The van der Waals surface area contributed by atoms with E-state index in [9.17, 15) is 9.59 Å². The number of carboxylic acid groups (broad SMARTS) is 2. The van der Waals surface area contributed by atoms with Crippen LogP contribution in [-0.4, -0.2) is 46.7 Å². The summed E-state index contributed by atoms with van der Waals surface area (Å²) < 4.78 is 0. The Hall–Kier alpha value is -0.440. The second-order valence-corrected chi connectivity index (χ2v) is 4.82. The van der Waals surface area contributed by atoms with Gasteiger partial charge in [0.1, 0.15) is 6.04 Å². The lowest BCUT2D eigenvalue weighted by Crippen LogP contribution is -2.32. The fourth-order valence-electron chi connectivity index (χ4n) is 0.381. The standard InChI is InChI=1S/C6H11NO4S2.CH5N/c7-4(6(10)11)3-13-12-2-1-5(8)9;1-2/h4H,1-3,7H2,(H,8,9)(H,10,11);2H2,1H3/t4-;/m1./s1. The van der Waals surface area contributed by atoms with Crippen LogP contribution in [0, 0.1) is 0 Å². The van der Waals surface area contributed by atoms with Gasteiger partial charge in [0, 0.05) is 11.5 Å². The molecule has 0 saturated carbocycles. The third-order valence-electron chi connectivity index (χ3n) is 1.05. The summed E-state index contributed by atoms with van der Waals surface area (Å²) in [5.41, 5.74) is 9.71. The first-order valence-corrected chi connectivity index (χ1v) is 6.55. The quantitative estimate of drug-likeness (QED) is 0.365. The van der Waals surface area contributed by atoms with Crippen LogP contribution in [0.4, 0.5) is 0 Å². The normalized spacial score (nSPS) is 11.1. The number of carboxylic acids is 2. The van der Waals surface area contributed by atoms with Gasteiger partial charge in [0.05, 0.1) is 6.42 Å². The van der Waals surface area contributed by atoms with Crippen molar-refractivity contribution in [2.45, 2.75) is 12.5 Å². The van der Waals surface area contributed by atoms with Gasteiger partial charge < -0.3 is 21.7 Å². The van der Waals surface area contributed by atoms with Gasteiger partial charge in [0.25, 0.3) is 0 Å². The molecule has 0 bridgehead atoms. The molecule has 0 aliphatic rings. The van der Waals surface area contributed by atoms with Crippen molar-refractivity contribution < 1.29 is 19.8 Å². The van der Waals surface area contributed by atoms with Gasteiger partial charge in [-0.15, -0.1) is 0 Å². The maximum absolute atomic E-state index is 10.2. The van der Waals surface area contributed by atoms with E-state index in [-0.39, 0.29) is 6.42 Å². The summed E-state index contributed by atoms with van der Waals surface area (Å²) in [5, 5.41) is 16.7. The monoisotopic (exact) mass is 256 g/mol. The van der Waals surface area contributed by atoms with Crippen molar-refractivity contribution in [3.05, 3.63) is 0 Å². The Morgan fingerprint density at radius 1 is 1.27 bits per heavy atom. The first kappa shape index (κ1) is 17.0. The zero-order valence-electron chi connectivity index (χ0n) is 8.38. The van der Waals surface area contributed by atoms with Crippen molar-refractivity contribution in [1.82, 2.24) is 0 Å². The SMILES string of the molecule is CN.N[C@H](CSSCCC(=O)O)C(=O)O. The van der Waals surface area contributed by atoms with E-state index < -0.39 is 18.0 Å². The number of nitrogens with two attached hydrogens (primary N) is 2. The van der Waals surface area contributed by atoms with Crippen LogP contribution in [0.25, 0.3) is 0 Å². The molecule has 0 aromatic heterocycles. The Labute approximate surface area is 96.2 Å². The molecule has 6 N–H and O–H groups in total. The van der Waals surface area contributed by atoms with Crippen LogP contribution in [0.3, 0.4) is 0 Å². The molecule has 6 nitrogen and oxygen atoms in total. The topological polar surface area (TPSA) is 127 Å².